The van der Waals surface area contributed by atoms with Gasteiger partial charge in [-0.05, 0) is 41.2 Å². The summed E-state index contributed by atoms with van der Waals surface area (Å²) in [7, 11) is 1.83. The Labute approximate surface area is 123 Å². The Balaban J connectivity index is 2.25. The van der Waals surface area contributed by atoms with Gasteiger partial charge in [0.25, 0.3) is 0 Å². The molecule has 1 aromatic carbocycles. The standard InChI is InChI=1S/C13H12BrClFNS/c1-17-11(7-8-5-6-12(14)18-8)9-3-2-4-10(15)13(9)16/h2-6,11,17H,7H2,1H3. The molecule has 96 valence electrons. The van der Waals surface area contributed by atoms with E-state index in [1.807, 2.05) is 19.2 Å². The fourth-order valence-corrected chi connectivity index (χ4v) is 3.53. The fourth-order valence-electron chi connectivity index (χ4n) is 1.82. The van der Waals surface area contributed by atoms with Gasteiger partial charge in [-0.3, -0.25) is 0 Å². The molecule has 1 atom stereocenters. The van der Waals surface area contributed by atoms with Crippen molar-refractivity contribution < 1.29 is 4.39 Å². The lowest BCUT2D eigenvalue weighted by Crippen LogP contribution is -2.19. The van der Waals surface area contributed by atoms with E-state index in [1.54, 1.807) is 29.5 Å². The van der Waals surface area contributed by atoms with Crippen molar-refractivity contribution in [1.29, 1.82) is 0 Å². The zero-order valence-corrected chi connectivity index (χ0v) is 12.9. The SMILES string of the molecule is CNC(Cc1ccc(Br)s1)c1cccc(Cl)c1F. The maximum atomic E-state index is 14.0. The Hall–Kier alpha value is -0.420. The van der Waals surface area contributed by atoms with Crippen molar-refractivity contribution in [2.75, 3.05) is 7.05 Å². The van der Waals surface area contributed by atoms with E-state index in [-0.39, 0.29) is 16.9 Å². The van der Waals surface area contributed by atoms with Crippen LogP contribution in [0.4, 0.5) is 4.39 Å². The van der Waals surface area contributed by atoms with Gasteiger partial charge >= 0.3 is 0 Å². The van der Waals surface area contributed by atoms with Crippen LogP contribution >= 0.6 is 38.9 Å². The average Bonchev–Trinajstić information content (AvgIpc) is 2.76. The first-order valence-electron chi connectivity index (χ1n) is 5.47. The van der Waals surface area contributed by atoms with Crippen LogP contribution in [0.15, 0.2) is 34.1 Å². The highest BCUT2D eigenvalue weighted by molar-refractivity contribution is 9.11. The van der Waals surface area contributed by atoms with E-state index >= 15 is 0 Å². The molecule has 2 aromatic rings. The molecule has 0 bridgehead atoms. The maximum Gasteiger partial charge on any atom is 0.146 e. The van der Waals surface area contributed by atoms with E-state index in [9.17, 15) is 4.39 Å². The maximum absolute atomic E-state index is 14.0. The van der Waals surface area contributed by atoms with Crippen LogP contribution in [0.2, 0.25) is 5.02 Å². The summed E-state index contributed by atoms with van der Waals surface area (Å²) >= 11 is 10.9. The zero-order valence-electron chi connectivity index (χ0n) is 9.71. The first-order valence-corrected chi connectivity index (χ1v) is 7.46. The number of halogens is 3. The molecule has 1 nitrogen and oxygen atoms in total. The third-order valence-corrected chi connectivity index (χ3v) is 4.68. The Bertz CT molecular complexity index is 544. The highest BCUT2D eigenvalue weighted by atomic mass is 79.9. The molecule has 0 amide bonds. The normalized spacial score (nSPS) is 12.7. The molecule has 18 heavy (non-hydrogen) atoms. The second-order valence-electron chi connectivity index (χ2n) is 3.89. The Morgan fingerprint density at radius 3 is 2.78 bits per heavy atom. The smallest absolute Gasteiger partial charge is 0.146 e. The zero-order chi connectivity index (χ0) is 13.1. The van der Waals surface area contributed by atoms with Crippen LogP contribution in [-0.2, 0) is 6.42 Å². The minimum Gasteiger partial charge on any atom is -0.313 e. The number of hydrogen-bond acceptors (Lipinski definition) is 2. The molecule has 0 spiro atoms. The minimum atomic E-state index is -0.339. The fraction of sp³-hybridized carbons (Fsp3) is 0.231. The second-order valence-corrected chi connectivity index (χ2v) is 6.85. The lowest BCUT2D eigenvalue weighted by atomic mass is 10.0. The van der Waals surface area contributed by atoms with Crippen LogP contribution in [-0.4, -0.2) is 7.05 Å². The van der Waals surface area contributed by atoms with Gasteiger partial charge < -0.3 is 5.32 Å². The van der Waals surface area contributed by atoms with E-state index in [0.717, 1.165) is 10.2 Å². The minimum absolute atomic E-state index is 0.0748. The molecule has 0 aliphatic rings. The number of rotatable bonds is 4. The van der Waals surface area contributed by atoms with Crippen LogP contribution in [0.3, 0.4) is 0 Å². The second kappa shape index (κ2) is 6.15. The number of benzene rings is 1. The van der Waals surface area contributed by atoms with Gasteiger partial charge in [0.15, 0.2) is 0 Å². The average molecular weight is 349 g/mol. The van der Waals surface area contributed by atoms with Crippen LogP contribution in [0.25, 0.3) is 0 Å². The molecule has 0 saturated heterocycles. The van der Waals surface area contributed by atoms with Crippen molar-refractivity contribution in [3.8, 4) is 0 Å². The third kappa shape index (κ3) is 3.12. The summed E-state index contributed by atoms with van der Waals surface area (Å²) in [5.74, 6) is -0.339. The van der Waals surface area contributed by atoms with E-state index in [1.165, 1.54) is 4.88 Å². The van der Waals surface area contributed by atoms with Crippen molar-refractivity contribution in [2.24, 2.45) is 0 Å². The van der Waals surface area contributed by atoms with Crippen LogP contribution in [0.5, 0.6) is 0 Å². The topological polar surface area (TPSA) is 12.0 Å². The Morgan fingerprint density at radius 2 is 2.17 bits per heavy atom. The van der Waals surface area contributed by atoms with E-state index in [0.29, 0.717) is 5.56 Å². The third-order valence-electron chi connectivity index (χ3n) is 2.74. The first-order chi connectivity index (χ1) is 8.61. The summed E-state index contributed by atoms with van der Waals surface area (Å²) in [5, 5.41) is 3.30. The highest BCUT2D eigenvalue weighted by Crippen LogP contribution is 2.29. The van der Waals surface area contributed by atoms with Crippen LogP contribution in [0.1, 0.15) is 16.5 Å². The lowest BCUT2D eigenvalue weighted by Gasteiger charge is -2.17. The van der Waals surface area contributed by atoms with Crippen LogP contribution < -0.4 is 5.32 Å². The molecule has 1 aromatic heterocycles. The lowest BCUT2D eigenvalue weighted by molar-refractivity contribution is 0.536. The van der Waals surface area contributed by atoms with Gasteiger partial charge in [0.1, 0.15) is 5.82 Å². The molecular formula is C13H12BrClFNS. The Morgan fingerprint density at radius 1 is 1.39 bits per heavy atom. The molecule has 2 rings (SSSR count). The van der Waals surface area contributed by atoms with Crippen molar-refractivity contribution in [3.63, 3.8) is 0 Å². The summed E-state index contributed by atoms with van der Waals surface area (Å²) in [6.45, 7) is 0. The summed E-state index contributed by atoms with van der Waals surface area (Å²) in [4.78, 5) is 1.20. The number of likely N-dealkylation sites (N-methyl/N-ethyl adjacent to an activating group) is 1. The van der Waals surface area contributed by atoms with Crippen molar-refractivity contribution in [1.82, 2.24) is 5.32 Å². The van der Waals surface area contributed by atoms with Gasteiger partial charge in [0, 0.05) is 22.9 Å². The first kappa shape index (κ1) is 14.0. The predicted molar refractivity (Wildman–Crippen MR) is 78.9 cm³/mol. The highest BCUT2D eigenvalue weighted by Gasteiger charge is 2.17. The van der Waals surface area contributed by atoms with Crippen molar-refractivity contribution in [3.05, 3.63) is 55.4 Å². The van der Waals surface area contributed by atoms with Crippen molar-refractivity contribution >= 4 is 38.9 Å². The van der Waals surface area contributed by atoms with E-state index in [2.05, 4.69) is 21.2 Å². The Kier molecular flexibility index (Phi) is 4.78. The monoisotopic (exact) mass is 347 g/mol. The predicted octanol–water partition coefficient (Wildman–Crippen LogP) is 4.81. The molecule has 0 saturated carbocycles. The quantitative estimate of drug-likeness (QED) is 0.836. The van der Waals surface area contributed by atoms with E-state index in [4.69, 9.17) is 11.6 Å². The molecule has 1 heterocycles. The number of hydrogen-bond donors (Lipinski definition) is 1. The molecule has 5 heteroatoms. The largest absolute Gasteiger partial charge is 0.313 e. The number of thiophene rings is 1. The summed E-state index contributed by atoms with van der Waals surface area (Å²) in [5.41, 5.74) is 0.606. The molecule has 0 aliphatic carbocycles. The van der Waals surface area contributed by atoms with Gasteiger partial charge in [-0.2, -0.15) is 0 Å². The molecule has 0 radical (unpaired) electrons. The molecule has 1 N–H and O–H groups in total. The summed E-state index contributed by atoms with van der Waals surface area (Å²) in [6.07, 6.45) is 0.740. The van der Waals surface area contributed by atoms with Gasteiger partial charge in [-0.1, -0.05) is 23.7 Å². The summed E-state index contributed by atoms with van der Waals surface area (Å²) in [6, 6.07) is 9.08. The molecule has 0 aliphatic heterocycles. The van der Waals surface area contributed by atoms with Gasteiger partial charge in [0.05, 0.1) is 8.81 Å². The number of nitrogens with one attached hydrogen (secondary N) is 1. The van der Waals surface area contributed by atoms with Gasteiger partial charge in [-0.25, -0.2) is 4.39 Å². The molecule has 0 fully saturated rings. The molecule has 1 unspecified atom stereocenters. The summed E-state index contributed by atoms with van der Waals surface area (Å²) < 4.78 is 15.1. The van der Waals surface area contributed by atoms with Gasteiger partial charge in [0.2, 0.25) is 0 Å². The van der Waals surface area contributed by atoms with Gasteiger partial charge in [-0.15, -0.1) is 11.3 Å². The van der Waals surface area contributed by atoms with Crippen LogP contribution in [0, 0.1) is 5.82 Å². The van der Waals surface area contributed by atoms with E-state index < -0.39 is 0 Å². The van der Waals surface area contributed by atoms with Crippen molar-refractivity contribution in [2.45, 2.75) is 12.5 Å². The molecular weight excluding hydrogens is 337 g/mol.